The highest BCUT2D eigenvalue weighted by Gasteiger charge is 2.17. The molecule has 1 saturated heterocycles. The summed E-state index contributed by atoms with van der Waals surface area (Å²) in [6, 6.07) is 13.3. The summed E-state index contributed by atoms with van der Waals surface area (Å²) in [6.07, 6.45) is 4.33. The van der Waals surface area contributed by atoms with Crippen LogP contribution in [0, 0.1) is 0 Å². The molecule has 8 heteroatoms. The molecule has 1 aliphatic rings. The number of nitrogens with one attached hydrogen (secondary N) is 2. The Hall–Kier alpha value is -2.58. The number of anilines is 1. The van der Waals surface area contributed by atoms with Gasteiger partial charge in [0, 0.05) is 30.9 Å². The minimum absolute atomic E-state index is 0.125. The number of para-hydroxylation sites is 1. The molecule has 0 atom stereocenters. The fourth-order valence-corrected chi connectivity index (χ4v) is 4.31. The van der Waals surface area contributed by atoms with Crippen molar-refractivity contribution in [2.24, 2.45) is 0 Å². The van der Waals surface area contributed by atoms with Gasteiger partial charge in [-0.3, -0.25) is 0 Å². The van der Waals surface area contributed by atoms with Crippen LogP contribution in [-0.2, 0) is 16.6 Å². The molecule has 2 aromatic carbocycles. The molecule has 1 fully saturated rings. The summed E-state index contributed by atoms with van der Waals surface area (Å²) in [5.74, 6) is 0.627. The molecule has 1 heterocycles. The van der Waals surface area contributed by atoms with Crippen molar-refractivity contribution in [1.29, 1.82) is 0 Å². The topological polar surface area (TPSA) is 87.7 Å². The Morgan fingerprint density at radius 1 is 1.00 bits per heavy atom. The van der Waals surface area contributed by atoms with Crippen LogP contribution in [0.4, 0.5) is 10.5 Å². The molecule has 2 N–H and O–H groups in total. The lowest BCUT2D eigenvalue weighted by Gasteiger charge is -2.20. The van der Waals surface area contributed by atoms with Gasteiger partial charge in [-0.25, -0.2) is 17.9 Å². The number of benzene rings is 2. The number of nitrogens with zero attached hydrogens (tertiary/aromatic N) is 1. The monoisotopic (exact) mass is 417 g/mol. The number of rotatable bonds is 6. The van der Waals surface area contributed by atoms with Crippen LogP contribution in [0.15, 0.2) is 53.4 Å². The van der Waals surface area contributed by atoms with Gasteiger partial charge in [-0.1, -0.05) is 31.0 Å². The Kier molecular flexibility index (Phi) is 7.11. The second-order valence-corrected chi connectivity index (χ2v) is 8.76. The van der Waals surface area contributed by atoms with Crippen LogP contribution in [-0.4, -0.2) is 39.5 Å². The normalized spacial score (nSPS) is 14.9. The predicted molar refractivity (Wildman–Crippen MR) is 113 cm³/mol. The summed E-state index contributed by atoms with van der Waals surface area (Å²) in [5.41, 5.74) is 1.32. The van der Waals surface area contributed by atoms with E-state index >= 15 is 0 Å². The van der Waals surface area contributed by atoms with E-state index in [0.29, 0.717) is 11.4 Å². The van der Waals surface area contributed by atoms with Crippen molar-refractivity contribution < 1.29 is 17.9 Å². The molecule has 0 unspecified atom stereocenters. The van der Waals surface area contributed by atoms with Gasteiger partial charge in [-0.15, -0.1) is 0 Å². The molecule has 0 bridgehead atoms. The molecule has 0 radical (unpaired) electrons. The van der Waals surface area contributed by atoms with E-state index in [9.17, 15) is 13.2 Å². The maximum Gasteiger partial charge on any atom is 0.321 e. The third kappa shape index (κ3) is 5.71. The highest BCUT2D eigenvalue weighted by molar-refractivity contribution is 7.89. The molecule has 1 aliphatic heterocycles. The number of sulfonamides is 1. The molecular formula is C21H27N3O4S. The van der Waals surface area contributed by atoms with Gasteiger partial charge in [0.25, 0.3) is 0 Å². The highest BCUT2D eigenvalue weighted by Crippen LogP contribution is 2.19. The van der Waals surface area contributed by atoms with Crippen molar-refractivity contribution in [3.05, 3.63) is 54.1 Å². The van der Waals surface area contributed by atoms with Crippen LogP contribution in [0.3, 0.4) is 0 Å². The van der Waals surface area contributed by atoms with Crippen LogP contribution in [0.25, 0.3) is 0 Å². The van der Waals surface area contributed by atoms with E-state index in [2.05, 4.69) is 10.0 Å². The van der Waals surface area contributed by atoms with Crippen LogP contribution >= 0.6 is 0 Å². The number of hydrogen-bond donors (Lipinski definition) is 2. The van der Waals surface area contributed by atoms with Crippen molar-refractivity contribution in [2.45, 2.75) is 37.1 Å². The van der Waals surface area contributed by atoms with Gasteiger partial charge in [0.1, 0.15) is 5.75 Å². The minimum Gasteiger partial charge on any atom is -0.496 e. The molecule has 0 saturated carbocycles. The standard InChI is InChI=1S/C21H27N3O4S/c1-28-20-9-5-4-8-17(20)16-22-29(26,27)19-12-10-18(11-13-19)23-21(25)24-14-6-2-3-7-15-24/h4-5,8-13,22H,2-3,6-7,14-16H2,1H3,(H,23,25). The number of likely N-dealkylation sites (tertiary alicyclic amines) is 1. The number of carbonyl (C=O) groups is 1. The second kappa shape index (κ2) is 9.76. The lowest BCUT2D eigenvalue weighted by atomic mass is 10.2. The van der Waals surface area contributed by atoms with Gasteiger partial charge >= 0.3 is 6.03 Å². The first kappa shape index (κ1) is 21.1. The predicted octanol–water partition coefficient (Wildman–Crippen LogP) is 3.58. The molecule has 0 aromatic heterocycles. The van der Waals surface area contributed by atoms with Gasteiger partial charge in [-0.05, 0) is 43.2 Å². The number of hydrogen-bond acceptors (Lipinski definition) is 4. The van der Waals surface area contributed by atoms with E-state index in [-0.39, 0.29) is 17.5 Å². The number of carbonyl (C=O) groups excluding carboxylic acids is 1. The summed E-state index contributed by atoms with van der Waals surface area (Å²) in [4.78, 5) is 14.3. The van der Waals surface area contributed by atoms with Gasteiger partial charge in [-0.2, -0.15) is 0 Å². The van der Waals surface area contributed by atoms with Gasteiger partial charge in [0.15, 0.2) is 0 Å². The Bertz CT molecular complexity index is 921. The summed E-state index contributed by atoms with van der Waals surface area (Å²) >= 11 is 0. The van der Waals surface area contributed by atoms with Crippen molar-refractivity contribution in [3.63, 3.8) is 0 Å². The summed E-state index contributed by atoms with van der Waals surface area (Å²) in [7, 11) is -2.14. The molecule has 0 spiro atoms. The van der Waals surface area contributed by atoms with Crippen molar-refractivity contribution in [3.8, 4) is 5.75 Å². The SMILES string of the molecule is COc1ccccc1CNS(=O)(=O)c1ccc(NC(=O)N2CCCCCC2)cc1. The Morgan fingerprint density at radius 2 is 1.66 bits per heavy atom. The first-order valence-electron chi connectivity index (χ1n) is 9.77. The largest absolute Gasteiger partial charge is 0.496 e. The maximum absolute atomic E-state index is 12.6. The zero-order chi connectivity index (χ0) is 20.7. The number of amides is 2. The van der Waals surface area contributed by atoms with E-state index < -0.39 is 10.0 Å². The average Bonchev–Trinajstić information content (AvgIpc) is 3.02. The smallest absolute Gasteiger partial charge is 0.321 e. The molecule has 0 aliphatic carbocycles. The molecule has 7 nitrogen and oxygen atoms in total. The van der Waals surface area contributed by atoms with Gasteiger partial charge < -0.3 is 15.0 Å². The zero-order valence-electron chi connectivity index (χ0n) is 16.6. The fraction of sp³-hybridized carbons (Fsp3) is 0.381. The second-order valence-electron chi connectivity index (χ2n) is 6.99. The minimum atomic E-state index is -3.68. The lowest BCUT2D eigenvalue weighted by molar-refractivity contribution is 0.214. The van der Waals surface area contributed by atoms with Crippen molar-refractivity contribution in [2.75, 3.05) is 25.5 Å². The van der Waals surface area contributed by atoms with Crippen LogP contribution < -0.4 is 14.8 Å². The third-order valence-electron chi connectivity index (χ3n) is 4.95. The van der Waals surface area contributed by atoms with Crippen LogP contribution in [0.1, 0.15) is 31.2 Å². The Balaban J connectivity index is 1.61. The molecule has 2 amide bonds. The van der Waals surface area contributed by atoms with E-state index in [1.54, 1.807) is 25.3 Å². The summed E-state index contributed by atoms with van der Waals surface area (Å²) < 4.78 is 33.0. The first-order valence-corrected chi connectivity index (χ1v) is 11.3. The lowest BCUT2D eigenvalue weighted by Crippen LogP contribution is -2.35. The highest BCUT2D eigenvalue weighted by atomic mass is 32.2. The number of urea groups is 1. The summed E-state index contributed by atoms with van der Waals surface area (Å²) in [6.45, 7) is 1.64. The van der Waals surface area contributed by atoms with Gasteiger partial charge in [0.05, 0.1) is 12.0 Å². The van der Waals surface area contributed by atoms with Crippen LogP contribution in [0.5, 0.6) is 5.75 Å². The number of methoxy groups -OCH3 is 1. The van der Waals surface area contributed by atoms with E-state index in [0.717, 1.165) is 44.3 Å². The molecule has 3 rings (SSSR count). The maximum atomic E-state index is 12.6. The van der Waals surface area contributed by atoms with E-state index in [1.807, 2.05) is 23.1 Å². The Labute approximate surface area is 172 Å². The zero-order valence-corrected chi connectivity index (χ0v) is 17.4. The molecule has 29 heavy (non-hydrogen) atoms. The third-order valence-corrected chi connectivity index (χ3v) is 6.37. The molecule has 2 aromatic rings. The molecule has 156 valence electrons. The van der Waals surface area contributed by atoms with E-state index in [4.69, 9.17) is 4.74 Å². The first-order chi connectivity index (χ1) is 14.0. The number of ether oxygens (including phenoxy) is 1. The average molecular weight is 418 g/mol. The van der Waals surface area contributed by atoms with Crippen LogP contribution in [0.2, 0.25) is 0 Å². The Morgan fingerprint density at radius 3 is 2.31 bits per heavy atom. The van der Waals surface area contributed by atoms with Crippen molar-refractivity contribution in [1.82, 2.24) is 9.62 Å². The van der Waals surface area contributed by atoms with Gasteiger partial charge in [0.2, 0.25) is 10.0 Å². The molecular weight excluding hydrogens is 390 g/mol. The van der Waals surface area contributed by atoms with Crippen molar-refractivity contribution >= 4 is 21.7 Å². The quantitative estimate of drug-likeness (QED) is 0.752. The van der Waals surface area contributed by atoms with E-state index in [1.165, 1.54) is 12.1 Å². The fourth-order valence-electron chi connectivity index (χ4n) is 3.30. The summed E-state index contributed by atoms with van der Waals surface area (Å²) in [5, 5.41) is 2.85.